The Labute approximate surface area is 144 Å². The normalized spacial score (nSPS) is 10.8. The summed E-state index contributed by atoms with van der Waals surface area (Å²) in [5.74, 6) is -0.204. The molecule has 0 saturated heterocycles. The van der Waals surface area contributed by atoms with E-state index < -0.39 is 0 Å². The molecule has 2 aromatic carbocycles. The summed E-state index contributed by atoms with van der Waals surface area (Å²) in [4.78, 5) is 11.9. The molecule has 0 unspecified atom stereocenters. The van der Waals surface area contributed by atoms with Gasteiger partial charge in [0.25, 0.3) is 0 Å². The third-order valence-electron chi connectivity index (χ3n) is 3.39. The lowest BCUT2D eigenvalue weighted by atomic mass is 10.1. The van der Waals surface area contributed by atoms with Gasteiger partial charge in [-0.1, -0.05) is 72.0 Å². The number of aromatic nitrogens is 2. The quantitative estimate of drug-likeness (QED) is 0.693. The number of carbonyl (C=O) groups excluding carboxylic acids is 1. The maximum atomic E-state index is 11.9. The standard InChI is InChI=1S/C19H17N3OS/c23-17(13-11-15-7-3-1-4-8-15)20-19-22-21-18(24-19)14-12-16-9-5-2-6-10-16/h1-11,13H,12,14H2,(H,20,22,23)/b13-11+. The number of carbonyl (C=O) groups is 1. The van der Waals surface area contributed by atoms with Crippen molar-refractivity contribution in [1.82, 2.24) is 10.2 Å². The second kappa shape index (κ2) is 8.17. The molecule has 1 amide bonds. The largest absolute Gasteiger partial charge is 0.297 e. The third kappa shape index (κ3) is 4.86. The molecular formula is C19H17N3OS. The Balaban J connectivity index is 1.52. The number of nitrogens with one attached hydrogen (secondary N) is 1. The monoisotopic (exact) mass is 335 g/mol. The van der Waals surface area contributed by atoms with Crippen molar-refractivity contribution in [3.8, 4) is 0 Å². The van der Waals surface area contributed by atoms with Crippen LogP contribution in [0.1, 0.15) is 16.1 Å². The van der Waals surface area contributed by atoms with E-state index in [0.717, 1.165) is 23.4 Å². The van der Waals surface area contributed by atoms with Gasteiger partial charge in [-0.05, 0) is 23.6 Å². The minimum Gasteiger partial charge on any atom is -0.297 e. The second-order valence-corrected chi connectivity index (χ2v) is 6.28. The molecule has 0 bridgehead atoms. The van der Waals surface area contributed by atoms with E-state index >= 15 is 0 Å². The smallest absolute Gasteiger partial charge is 0.250 e. The summed E-state index contributed by atoms with van der Waals surface area (Å²) in [6, 6.07) is 19.9. The molecule has 1 aromatic heterocycles. The number of hydrogen-bond acceptors (Lipinski definition) is 4. The summed E-state index contributed by atoms with van der Waals surface area (Å²) in [6.45, 7) is 0. The van der Waals surface area contributed by atoms with Gasteiger partial charge in [0.15, 0.2) is 0 Å². The fourth-order valence-electron chi connectivity index (χ4n) is 2.18. The average Bonchev–Trinajstić information content (AvgIpc) is 3.07. The predicted molar refractivity (Wildman–Crippen MR) is 97.9 cm³/mol. The zero-order valence-corrected chi connectivity index (χ0v) is 13.9. The predicted octanol–water partition coefficient (Wildman–Crippen LogP) is 3.98. The lowest BCUT2D eigenvalue weighted by Crippen LogP contribution is -2.07. The molecule has 0 fully saturated rings. The summed E-state index contributed by atoms with van der Waals surface area (Å²) in [6.07, 6.45) is 5.00. The van der Waals surface area contributed by atoms with Crippen LogP contribution in [-0.4, -0.2) is 16.1 Å². The first-order chi connectivity index (χ1) is 11.8. The highest BCUT2D eigenvalue weighted by Gasteiger charge is 2.06. The van der Waals surface area contributed by atoms with Crippen LogP contribution in [0.4, 0.5) is 5.13 Å². The molecule has 0 atom stereocenters. The van der Waals surface area contributed by atoms with Crippen LogP contribution in [0, 0.1) is 0 Å². The molecule has 3 aromatic rings. The molecule has 0 aliphatic rings. The molecule has 0 aliphatic carbocycles. The van der Waals surface area contributed by atoms with Crippen molar-refractivity contribution in [2.24, 2.45) is 0 Å². The fraction of sp³-hybridized carbons (Fsp3) is 0.105. The molecule has 24 heavy (non-hydrogen) atoms. The minimum atomic E-state index is -0.204. The van der Waals surface area contributed by atoms with Crippen LogP contribution in [0.3, 0.4) is 0 Å². The SMILES string of the molecule is O=C(/C=C/c1ccccc1)Nc1nnc(CCc2ccccc2)s1. The topological polar surface area (TPSA) is 54.9 Å². The van der Waals surface area contributed by atoms with Crippen molar-refractivity contribution in [3.05, 3.63) is 82.9 Å². The van der Waals surface area contributed by atoms with Gasteiger partial charge in [-0.25, -0.2) is 0 Å². The summed E-state index contributed by atoms with van der Waals surface area (Å²) >= 11 is 1.41. The van der Waals surface area contributed by atoms with Crippen molar-refractivity contribution >= 4 is 28.5 Å². The van der Waals surface area contributed by atoms with Gasteiger partial charge < -0.3 is 0 Å². The summed E-state index contributed by atoms with van der Waals surface area (Å²) in [7, 11) is 0. The lowest BCUT2D eigenvalue weighted by Gasteiger charge is -1.97. The van der Waals surface area contributed by atoms with E-state index in [9.17, 15) is 4.79 Å². The molecule has 120 valence electrons. The summed E-state index contributed by atoms with van der Waals surface area (Å²) < 4.78 is 0. The average molecular weight is 335 g/mol. The molecule has 5 heteroatoms. The molecule has 0 spiro atoms. The Hall–Kier alpha value is -2.79. The number of aryl methyl sites for hydroxylation is 2. The van der Waals surface area contributed by atoms with Crippen LogP contribution in [0.5, 0.6) is 0 Å². The van der Waals surface area contributed by atoms with Crippen LogP contribution in [0.2, 0.25) is 0 Å². The Morgan fingerprint density at radius 1 is 0.958 bits per heavy atom. The van der Waals surface area contributed by atoms with Crippen molar-refractivity contribution in [2.75, 3.05) is 5.32 Å². The zero-order valence-electron chi connectivity index (χ0n) is 13.1. The first kappa shape index (κ1) is 16.1. The van der Waals surface area contributed by atoms with Crippen LogP contribution >= 0.6 is 11.3 Å². The van der Waals surface area contributed by atoms with Crippen molar-refractivity contribution < 1.29 is 4.79 Å². The molecular weight excluding hydrogens is 318 g/mol. The van der Waals surface area contributed by atoms with Gasteiger partial charge in [0.2, 0.25) is 11.0 Å². The second-order valence-electron chi connectivity index (χ2n) is 5.22. The van der Waals surface area contributed by atoms with Gasteiger partial charge in [0, 0.05) is 12.5 Å². The first-order valence-corrected chi connectivity index (χ1v) is 8.52. The number of nitrogens with zero attached hydrogens (tertiary/aromatic N) is 2. The Bertz CT molecular complexity index is 813. The molecule has 1 heterocycles. The molecule has 0 saturated carbocycles. The van der Waals surface area contributed by atoms with Gasteiger partial charge >= 0.3 is 0 Å². The highest BCUT2D eigenvalue weighted by atomic mass is 32.1. The Kier molecular flexibility index (Phi) is 5.48. The molecule has 0 radical (unpaired) electrons. The van der Waals surface area contributed by atoms with Crippen LogP contribution in [0.25, 0.3) is 6.08 Å². The van der Waals surface area contributed by atoms with Crippen LogP contribution in [0.15, 0.2) is 66.7 Å². The number of rotatable bonds is 6. The molecule has 3 rings (SSSR count). The number of benzene rings is 2. The van der Waals surface area contributed by atoms with E-state index in [1.165, 1.54) is 23.0 Å². The van der Waals surface area contributed by atoms with E-state index in [0.29, 0.717) is 5.13 Å². The summed E-state index contributed by atoms with van der Waals surface area (Å²) in [5, 5.41) is 12.4. The number of hydrogen-bond donors (Lipinski definition) is 1. The lowest BCUT2D eigenvalue weighted by molar-refractivity contribution is -0.111. The van der Waals surface area contributed by atoms with Crippen LogP contribution < -0.4 is 5.32 Å². The maximum Gasteiger partial charge on any atom is 0.250 e. The van der Waals surface area contributed by atoms with Gasteiger partial charge in [0.1, 0.15) is 5.01 Å². The highest BCUT2D eigenvalue weighted by Crippen LogP contribution is 2.17. The first-order valence-electron chi connectivity index (χ1n) is 7.70. The maximum absolute atomic E-state index is 11.9. The van der Waals surface area contributed by atoms with E-state index in [-0.39, 0.29) is 5.91 Å². The van der Waals surface area contributed by atoms with Gasteiger partial charge in [-0.3, -0.25) is 10.1 Å². The van der Waals surface area contributed by atoms with Gasteiger partial charge in [-0.15, -0.1) is 10.2 Å². The molecule has 0 aliphatic heterocycles. The molecule has 1 N–H and O–H groups in total. The van der Waals surface area contributed by atoms with Gasteiger partial charge in [0.05, 0.1) is 0 Å². The fourth-order valence-corrected chi connectivity index (χ4v) is 2.93. The van der Waals surface area contributed by atoms with E-state index in [1.807, 2.05) is 48.5 Å². The Morgan fingerprint density at radius 2 is 1.67 bits per heavy atom. The van der Waals surface area contributed by atoms with E-state index in [4.69, 9.17) is 0 Å². The third-order valence-corrected chi connectivity index (χ3v) is 4.29. The Morgan fingerprint density at radius 3 is 2.42 bits per heavy atom. The minimum absolute atomic E-state index is 0.204. The van der Waals surface area contributed by atoms with E-state index in [1.54, 1.807) is 6.08 Å². The summed E-state index contributed by atoms with van der Waals surface area (Å²) in [5.41, 5.74) is 2.25. The van der Waals surface area contributed by atoms with Crippen LogP contribution in [-0.2, 0) is 17.6 Å². The van der Waals surface area contributed by atoms with Crippen molar-refractivity contribution in [1.29, 1.82) is 0 Å². The zero-order chi connectivity index (χ0) is 16.6. The molecule has 4 nitrogen and oxygen atoms in total. The van der Waals surface area contributed by atoms with Gasteiger partial charge in [-0.2, -0.15) is 0 Å². The van der Waals surface area contributed by atoms with E-state index in [2.05, 4.69) is 27.6 Å². The number of amides is 1. The van der Waals surface area contributed by atoms with Crippen molar-refractivity contribution in [2.45, 2.75) is 12.8 Å². The van der Waals surface area contributed by atoms with Crippen molar-refractivity contribution in [3.63, 3.8) is 0 Å². The highest BCUT2D eigenvalue weighted by molar-refractivity contribution is 7.15. The number of anilines is 1.